The number of nitrogens with two attached hydrogens (primary N) is 1. The highest BCUT2D eigenvalue weighted by molar-refractivity contribution is 5.84. The number of esters is 1. The van der Waals surface area contributed by atoms with Gasteiger partial charge < -0.3 is 15.4 Å². The van der Waals surface area contributed by atoms with Crippen molar-refractivity contribution in [1.29, 1.82) is 0 Å². The molecule has 1 amide bonds. The molecular formula is C14H24N2O3. The summed E-state index contributed by atoms with van der Waals surface area (Å²) in [6.45, 7) is 4.00. The lowest BCUT2D eigenvalue weighted by atomic mass is 9.67. The van der Waals surface area contributed by atoms with Crippen LogP contribution in [0.2, 0.25) is 0 Å². The third kappa shape index (κ3) is 2.76. The van der Waals surface area contributed by atoms with Crippen molar-refractivity contribution in [3.8, 4) is 0 Å². The maximum absolute atomic E-state index is 12.5. The van der Waals surface area contributed by atoms with Crippen LogP contribution in [0.25, 0.3) is 0 Å². The van der Waals surface area contributed by atoms with Crippen LogP contribution in [-0.2, 0) is 14.3 Å². The molecule has 1 heterocycles. The van der Waals surface area contributed by atoms with Gasteiger partial charge in [0.15, 0.2) is 0 Å². The zero-order valence-electron chi connectivity index (χ0n) is 11.7. The van der Waals surface area contributed by atoms with E-state index in [1.54, 1.807) is 0 Å². The number of likely N-dealkylation sites (tertiary alicyclic amines) is 1. The molecule has 1 saturated carbocycles. The standard InChI is InChI=1S/C14H24N2O3/c1-2-19-12(17)11-4-8-16(9-5-11)13(18)14(10-15)6-3-7-14/h11H,2-10,15H2,1H3. The lowest BCUT2D eigenvalue weighted by molar-refractivity contribution is -0.155. The minimum Gasteiger partial charge on any atom is -0.466 e. The van der Waals surface area contributed by atoms with Gasteiger partial charge in [-0.2, -0.15) is 0 Å². The molecule has 2 fully saturated rings. The van der Waals surface area contributed by atoms with Gasteiger partial charge in [-0.05, 0) is 32.6 Å². The maximum atomic E-state index is 12.5. The molecule has 0 aromatic carbocycles. The number of ether oxygens (including phenoxy) is 1. The predicted octanol–water partition coefficient (Wildman–Crippen LogP) is 0.917. The minimum absolute atomic E-state index is 0.0424. The molecule has 0 atom stereocenters. The fraction of sp³-hybridized carbons (Fsp3) is 0.857. The Kier molecular flexibility index (Phi) is 4.45. The van der Waals surface area contributed by atoms with Crippen molar-refractivity contribution >= 4 is 11.9 Å². The van der Waals surface area contributed by atoms with E-state index in [4.69, 9.17) is 10.5 Å². The molecule has 19 heavy (non-hydrogen) atoms. The summed E-state index contributed by atoms with van der Waals surface area (Å²) < 4.78 is 5.04. The first kappa shape index (κ1) is 14.3. The van der Waals surface area contributed by atoms with Crippen molar-refractivity contribution in [1.82, 2.24) is 4.90 Å². The van der Waals surface area contributed by atoms with Gasteiger partial charge in [0.05, 0.1) is 17.9 Å². The van der Waals surface area contributed by atoms with E-state index in [0.717, 1.165) is 19.3 Å². The second-order valence-electron chi connectivity index (χ2n) is 5.66. The highest BCUT2D eigenvalue weighted by atomic mass is 16.5. The summed E-state index contributed by atoms with van der Waals surface area (Å²) in [5.74, 6) is 0.0366. The number of hydrogen-bond acceptors (Lipinski definition) is 4. The van der Waals surface area contributed by atoms with E-state index in [9.17, 15) is 9.59 Å². The molecule has 108 valence electrons. The Morgan fingerprint density at radius 1 is 1.32 bits per heavy atom. The Hall–Kier alpha value is -1.10. The van der Waals surface area contributed by atoms with Gasteiger partial charge in [-0.1, -0.05) is 6.42 Å². The minimum atomic E-state index is -0.295. The van der Waals surface area contributed by atoms with Crippen molar-refractivity contribution in [3.63, 3.8) is 0 Å². The molecular weight excluding hydrogens is 244 g/mol. The fourth-order valence-electron chi connectivity index (χ4n) is 3.02. The molecule has 1 saturated heterocycles. The second-order valence-corrected chi connectivity index (χ2v) is 5.66. The Morgan fingerprint density at radius 2 is 1.95 bits per heavy atom. The molecule has 0 bridgehead atoms. The van der Waals surface area contributed by atoms with Crippen LogP contribution in [0.15, 0.2) is 0 Å². The van der Waals surface area contributed by atoms with E-state index in [1.807, 2.05) is 11.8 Å². The maximum Gasteiger partial charge on any atom is 0.309 e. The molecule has 0 aromatic heterocycles. The zero-order valence-corrected chi connectivity index (χ0v) is 11.7. The average molecular weight is 268 g/mol. The van der Waals surface area contributed by atoms with E-state index in [1.165, 1.54) is 0 Å². The Bertz CT molecular complexity index is 339. The molecule has 5 nitrogen and oxygen atoms in total. The summed E-state index contributed by atoms with van der Waals surface area (Å²) in [4.78, 5) is 26.0. The smallest absolute Gasteiger partial charge is 0.309 e. The molecule has 5 heteroatoms. The van der Waals surface area contributed by atoms with Crippen LogP contribution in [0.1, 0.15) is 39.0 Å². The number of piperidine rings is 1. The number of amides is 1. The van der Waals surface area contributed by atoms with Crippen molar-refractivity contribution in [2.75, 3.05) is 26.2 Å². The monoisotopic (exact) mass is 268 g/mol. The summed E-state index contributed by atoms with van der Waals surface area (Å²) >= 11 is 0. The zero-order chi connectivity index (χ0) is 13.9. The third-order valence-electron chi connectivity index (χ3n) is 4.56. The van der Waals surface area contributed by atoms with Crippen molar-refractivity contribution in [2.45, 2.75) is 39.0 Å². The lowest BCUT2D eigenvalue weighted by Crippen LogP contribution is -2.54. The van der Waals surface area contributed by atoms with Gasteiger partial charge in [-0.25, -0.2) is 0 Å². The van der Waals surface area contributed by atoms with Gasteiger partial charge in [-0.15, -0.1) is 0 Å². The van der Waals surface area contributed by atoms with Gasteiger partial charge >= 0.3 is 5.97 Å². The molecule has 0 unspecified atom stereocenters. The number of nitrogens with zero attached hydrogens (tertiary/aromatic N) is 1. The highest BCUT2D eigenvalue weighted by Gasteiger charge is 2.45. The fourth-order valence-corrected chi connectivity index (χ4v) is 3.02. The van der Waals surface area contributed by atoms with Crippen LogP contribution < -0.4 is 5.73 Å². The van der Waals surface area contributed by atoms with Crippen LogP contribution in [0.5, 0.6) is 0 Å². The first-order chi connectivity index (χ1) is 9.13. The van der Waals surface area contributed by atoms with Crippen LogP contribution in [0.4, 0.5) is 0 Å². The molecule has 1 aliphatic heterocycles. The molecule has 1 aliphatic carbocycles. The average Bonchev–Trinajstić information content (AvgIpc) is 2.38. The van der Waals surface area contributed by atoms with Gasteiger partial charge in [0, 0.05) is 19.6 Å². The highest BCUT2D eigenvalue weighted by Crippen LogP contribution is 2.42. The summed E-state index contributed by atoms with van der Waals surface area (Å²) in [5.41, 5.74) is 5.47. The summed E-state index contributed by atoms with van der Waals surface area (Å²) in [7, 11) is 0. The van der Waals surface area contributed by atoms with Gasteiger partial charge in [0.25, 0.3) is 0 Å². The normalized spacial score (nSPS) is 22.7. The summed E-state index contributed by atoms with van der Waals surface area (Å²) in [5, 5.41) is 0. The second kappa shape index (κ2) is 5.90. The van der Waals surface area contributed by atoms with Gasteiger partial charge in [-0.3, -0.25) is 9.59 Å². The summed E-state index contributed by atoms with van der Waals surface area (Å²) in [6, 6.07) is 0. The van der Waals surface area contributed by atoms with Crippen LogP contribution in [0.3, 0.4) is 0 Å². The molecule has 0 aromatic rings. The van der Waals surface area contributed by atoms with E-state index in [0.29, 0.717) is 39.1 Å². The van der Waals surface area contributed by atoms with Crippen LogP contribution in [0, 0.1) is 11.3 Å². The molecule has 2 aliphatic rings. The molecule has 2 rings (SSSR count). The van der Waals surface area contributed by atoms with Crippen molar-refractivity contribution in [2.24, 2.45) is 17.1 Å². The van der Waals surface area contributed by atoms with Gasteiger partial charge in [0.2, 0.25) is 5.91 Å². The van der Waals surface area contributed by atoms with E-state index in [2.05, 4.69) is 0 Å². The SMILES string of the molecule is CCOC(=O)C1CCN(C(=O)C2(CN)CCC2)CC1. The quantitative estimate of drug-likeness (QED) is 0.769. The van der Waals surface area contributed by atoms with E-state index >= 15 is 0 Å². The van der Waals surface area contributed by atoms with E-state index in [-0.39, 0.29) is 23.2 Å². The Labute approximate surface area is 114 Å². The summed E-state index contributed by atoms with van der Waals surface area (Å²) in [6.07, 6.45) is 4.36. The topological polar surface area (TPSA) is 72.6 Å². The third-order valence-corrected chi connectivity index (χ3v) is 4.56. The first-order valence-corrected chi connectivity index (χ1v) is 7.29. The van der Waals surface area contributed by atoms with Crippen LogP contribution in [-0.4, -0.2) is 43.0 Å². The number of rotatable bonds is 4. The number of carbonyl (C=O) groups is 2. The molecule has 0 radical (unpaired) electrons. The van der Waals surface area contributed by atoms with Crippen molar-refractivity contribution < 1.29 is 14.3 Å². The Morgan fingerprint density at radius 3 is 2.37 bits per heavy atom. The molecule has 2 N–H and O–H groups in total. The predicted molar refractivity (Wildman–Crippen MR) is 71.3 cm³/mol. The Balaban J connectivity index is 1.86. The first-order valence-electron chi connectivity index (χ1n) is 7.29. The number of hydrogen-bond donors (Lipinski definition) is 1. The van der Waals surface area contributed by atoms with Crippen LogP contribution >= 0.6 is 0 Å². The lowest BCUT2D eigenvalue weighted by Gasteiger charge is -2.44. The number of carbonyl (C=O) groups excluding carboxylic acids is 2. The van der Waals surface area contributed by atoms with E-state index < -0.39 is 0 Å². The molecule has 0 spiro atoms. The van der Waals surface area contributed by atoms with Crippen molar-refractivity contribution in [3.05, 3.63) is 0 Å². The van der Waals surface area contributed by atoms with Gasteiger partial charge in [0.1, 0.15) is 0 Å². The largest absolute Gasteiger partial charge is 0.466 e.